The maximum Gasteiger partial charge on any atom is 0.269 e. The Bertz CT molecular complexity index is 1260. The molecule has 1 amide bonds. The highest BCUT2D eigenvalue weighted by molar-refractivity contribution is 6.09. The van der Waals surface area contributed by atoms with E-state index < -0.39 is 10.8 Å². The highest BCUT2D eigenvalue weighted by atomic mass is 16.6. The van der Waals surface area contributed by atoms with Gasteiger partial charge in [-0.15, -0.1) is 0 Å². The van der Waals surface area contributed by atoms with Gasteiger partial charge in [0.15, 0.2) is 11.5 Å². The molecule has 1 aromatic heterocycles. The lowest BCUT2D eigenvalue weighted by Crippen LogP contribution is -2.17. The molecular formula is C23H17N3O7. The second-order valence-electron chi connectivity index (χ2n) is 6.83. The van der Waals surface area contributed by atoms with Gasteiger partial charge in [-0.25, -0.2) is 0 Å². The number of amides is 1. The van der Waals surface area contributed by atoms with Crippen molar-refractivity contribution in [3.8, 4) is 23.3 Å². The summed E-state index contributed by atoms with van der Waals surface area (Å²) in [5.74, 6) is 1.69. The van der Waals surface area contributed by atoms with Gasteiger partial charge >= 0.3 is 0 Å². The van der Waals surface area contributed by atoms with E-state index >= 15 is 0 Å². The molecule has 166 valence electrons. The zero-order chi connectivity index (χ0) is 23.2. The number of furan rings is 1. The Morgan fingerprint density at radius 3 is 2.61 bits per heavy atom. The molecule has 0 bridgehead atoms. The fraction of sp³-hybridized carbons (Fsp3) is 0.130. The molecule has 0 radical (unpaired) electrons. The lowest BCUT2D eigenvalue weighted by molar-refractivity contribution is -0.384. The highest BCUT2D eigenvalue weighted by Crippen LogP contribution is 2.32. The fourth-order valence-electron chi connectivity index (χ4n) is 2.98. The van der Waals surface area contributed by atoms with Crippen LogP contribution in [0.25, 0.3) is 6.08 Å². The summed E-state index contributed by atoms with van der Waals surface area (Å²) in [7, 11) is 0. The number of anilines is 1. The van der Waals surface area contributed by atoms with Crippen molar-refractivity contribution in [3.63, 3.8) is 0 Å². The predicted molar refractivity (Wildman–Crippen MR) is 116 cm³/mol. The molecule has 10 nitrogen and oxygen atoms in total. The summed E-state index contributed by atoms with van der Waals surface area (Å²) in [5, 5.41) is 22.8. The largest absolute Gasteiger partial charge is 0.486 e. The van der Waals surface area contributed by atoms with Crippen LogP contribution in [0.4, 0.5) is 11.4 Å². The first-order valence-corrected chi connectivity index (χ1v) is 9.80. The Morgan fingerprint density at radius 1 is 1.12 bits per heavy atom. The van der Waals surface area contributed by atoms with Gasteiger partial charge in [-0.2, -0.15) is 5.26 Å². The first kappa shape index (κ1) is 21.5. The number of ether oxygens (including phenoxy) is 3. The summed E-state index contributed by atoms with van der Waals surface area (Å²) >= 11 is 0. The van der Waals surface area contributed by atoms with E-state index in [1.807, 2.05) is 6.07 Å². The number of carbonyl (C=O) groups is 1. The van der Waals surface area contributed by atoms with E-state index in [2.05, 4.69) is 5.32 Å². The molecule has 2 aromatic carbocycles. The quantitative estimate of drug-likeness (QED) is 0.247. The smallest absolute Gasteiger partial charge is 0.269 e. The molecule has 0 spiro atoms. The summed E-state index contributed by atoms with van der Waals surface area (Å²) in [6.45, 7) is 0.948. The van der Waals surface area contributed by atoms with Gasteiger partial charge in [-0.05, 0) is 36.4 Å². The number of benzene rings is 2. The molecule has 1 N–H and O–H groups in total. The monoisotopic (exact) mass is 447 g/mol. The van der Waals surface area contributed by atoms with E-state index in [1.54, 1.807) is 30.3 Å². The standard InChI is InChI=1S/C23H17N3O7/c24-13-15(23(27)25-16-1-8-21-22(12-16)31-10-9-30-21)11-19-6-7-20(33-19)14-32-18-4-2-17(3-5-18)26(28)29/h1-8,11-12H,9-10,14H2,(H,25,27)/b15-11+. The molecule has 33 heavy (non-hydrogen) atoms. The lowest BCUT2D eigenvalue weighted by Gasteiger charge is -2.18. The van der Waals surface area contributed by atoms with Gasteiger partial charge in [0.05, 0.1) is 4.92 Å². The fourth-order valence-corrected chi connectivity index (χ4v) is 2.98. The number of carbonyl (C=O) groups excluding carboxylic acids is 1. The van der Waals surface area contributed by atoms with Crippen LogP contribution in [0.5, 0.6) is 17.2 Å². The van der Waals surface area contributed by atoms with Crippen molar-refractivity contribution >= 4 is 23.4 Å². The van der Waals surface area contributed by atoms with Gasteiger partial charge < -0.3 is 23.9 Å². The van der Waals surface area contributed by atoms with Crippen LogP contribution in [-0.2, 0) is 11.4 Å². The van der Waals surface area contributed by atoms with E-state index in [9.17, 15) is 20.2 Å². The maximum absolute atomic E-state index is 12.5. The minimum atomic E-state index is -0.603. The van der Waals surface area contributed by atoms with Crippen molar-refractivity contribution in [2.45, 2.75) is 6.61 Å². The number of hydrogen-bond donors (Lipinski definition) is 1. The number of nitrogens with one attached hydrogen (secondary N) is 1. The lowest BCUT2D eigenvalue weighted by atomic mass is 10.2. The second kappa shape index (κ2) is 9.57. The third kappa shape index (κ3) is 5.29. The average molecular weight is 447 g/mol. The summed E-state index contributed by atoms with van der Waals surface area (Å²) < 4.78 is 22.1. The second-order valence-corrected chi connectivity index (χ2v) is 6.83. The van der Waals surface area contributed by atoms with Crippen LogP contribution in [-0.4, -0.2) is 24.0 Å². The van der Waals surface area contributed by atoms with Gasteiger partial charge in [0.2, 0.25) is 0 Å². The number of nitrogens with zero attached hydrogens (tertiary/aromatic N) is 2. The van der Waals surface area contributed by atoms with Crippen LogP contribution in [0.1, 0.15) is 11.5 Å². The molecular weight excluding hydrogens is 430 g/mol. The predicted octanol–water partition coefficient (Wildman–Crippen LogP) is 4.08. The Morgan fingerprint density at radius 2 is 1.88 bits per heavy atom. The SMILES string of the molecule is N#C/C(=C\c1ccc(COc2ccc([N+](=O)[O-])cc2)o1)C(=O)Nc1ccc2c(c1)OCCO2. The van der Waals surface area contributed by atoms with Gasteiger partial charge in [0.25, 0.3) is 11.6 Å². The molecule has 0 aliphatic carbocycles. The van der Waals surface area contributed by atoms with Crippen molar-refractivity contribution in [2.75, 3.05) is 18.5 Å². The van der Waals surface area contributed by atoms with E-state index in [0.29, 0.717) is 47.7 Å². The molecule has 0 atom stereocenters. The Balaban J connectivity index is 1.38. The van der Waals surface area contributed by atoms with Crippen molar-refractivity contribution in [1.29, 1.82) is 5.26 Å². The number of non-ortho nitro benzene ring substituents is 1. The van der Waals surface area contributed by atoms with Crippen LogP contribution < -0.4 is 19.5 Å². The number of hydrogen-bond acceptors (Lipinski definition) is 8. The summed E-state index contributed by atoms with van der Waals surface area (Å²) in [4.78, 5) is 22.7. The van der Waals surface area contributed by atoms with Gasteiger partial charge in [-0.3, -0.25) is 14.9 Å². The van der Waals surface area contributed by atoms with E-state index in [-0.39, 0.29) is 17.9 Å². The summed E-state index contributed by atoms with van der Waals surface area (Å²) in [5.41, 5.74) is 0.274. The van der Waals surface area contributed by atoms with Crippen LogP contribution >= 0.6 is 0 Å². The van der Waals surface area contributed by atoms with Crippen molar-refractivity contribution in [3.05, 3.63) is 81.8 Å². The van der Waals surface area contributed by atoms with Crippen LogP contribution in [0, 0.1) is 21.4 Å². The number of nitro groups is 1. The zero-order valence-corrected chi connectivity index (χ0v) is 17.1. The highest BCUT2D eigenvalue weighted by Gasteiger charge is 2.15. The average Bonchev–Trinajstić information content (AvgIpc) is 3.28. The molecule has 0 saturated carbocycles. The van der Waals surface area contributed by atoms with Crippen molar-refractivity contribution in [2.24, 2.45) is 0 Å². The van der Waals surface area contributed by atoms with Gasteiger partial charge in [0.1, 0.15) is 48.7 Å². The summed E-state index contributed by atoms with van der Waals surface area (Å²) in [6, 6.07) is 15.7. The number of rotatable bonds is 7. The summed E-state index contributed by atoms with van der Waals surface area (Å²) in [6.07, 6.45) is 1.32. The molecule has 1 aliphatic heterocycles. The third-order valence-electron chi connectivity index (χ3n) is 4.56. The molecule has 0 fully saturated rings. The Labute approximate surface area is 187 Å². The molecule has 1 aliphatic rings. The number of fused-ring (bicyclic) bond motifs is 1. The van der Waals surface area contributed by atoms with Crippen LogP contribution in [0.15, 0.2) is 64.6 Å². The van der Waals surface area contributed by atoms with Crippen LogP contribution in [0.3, 0.4) is 0 Å². The molecule has 3 aromatic rings. The Kier molecular flexibility index (Phi) is 6.22. The first-order valence-electron chi connectivity index (χ1n) is 9.80. The maximum atomic E-state index is 12.5. The van der Waals surface area contributed by atoms with Crippen molar-refractivity contribution < 1.29 is 28.3 Å². The molecule has 10 heteroatoms. The third-order valence-corrected chi connectivity index (χ3v) is 4.56. The number of nitriles is 1. The van der Waals surface area contributed by atoms with Crippen molar-refractivity contribution in [1.82, 2.24) is 0 Å². The first-order chi connectivity index (χ1) is 16.0. The van der Waals surface area contributed by atoms with Gasteiger partial charge in [-0.1, -0.05) is 0 Å². The Hall–Kier alpha value is -4.78. The van der Waals surface area contributed by atoms with E-state index in [4.69, 9.17) is 18.6 Å². The van der Waals surface area contributed by atoms with Crippen LogP contribution in [0.2, 0.25) is 0 Å². The number of nitro benzene ring substituents is 1. The van der Waals surface area contributed by atoms with E-state index in [1.165, 1.54) is 30.3 Å². The molecule has 0 saturated heterocycles. The zero-order valence-electron chi connectivity index (χ0n) is 17.1. The molecule has 2 heterocycles. The molecule has 4 rings (SSSR count). The minimum Gasteiger partial charge on any atom is -0.486 e. The van der Waals surface area contributed by atoms with Gasteiger partial charge in [0, 0.05) is 30.0 Å². The minimum absolute atomic E-state index is 0.0358. The molecule has 0 unspecified atom stereocenters. The van der Waals surface area contributed by atoms with E-state index in [0.717, 1.165) is 0 Å². The normalized spacial score (nSPS) is 12.5. The topological polar surface area (TPSA) is 137 Å².